The van der Waals surface area contributed by atoms with Gasteiger partial charge >= 0.3 is 5.97 Å². The van der Waals surface area contributed by atoms with Crippen molar-refractivity contribution in [2.24, 2.45) is 0 Å². The number of thiocarbonyl (C=S) groups is 1. The fourth-order valence-corrected chi connectivity index (χ4v) is 3.22. The lowest BCUT2D eigenvalue weighted by Gasteiger charge is -2.11. The first-order valence-electron chi connectivity index (χ1n) is 10.2. The van der Waals surface area contributed by atoms with Crippen LogP contribution < -0.4 is 16.0 Å². The number of hydrogen-bond acceptors (Lipinski definition) is 5. The summed E-state index contributed by atoms with van der Waals surface area (Å²) in [5.41, 5.74) is 2.96. The Kier molecular flexibility index (Phi) is 8.26. The molecular formula is C25H23N3O4S. The quantitative estimate of drug-likeness (QED) is 0.361. The van der Waals surface area contributed by atoms with Crippen LogP contribution in [0.1, 0.15) is 32.7 Å². The van der Waals surface area contributed by atoms with Crippen molar-refractivity contribution in [3.63, 3.8) is 0 Å². The lowest BCUT2D eigenvalue weighted by Crippen LogP contribution is -2.34. The molecule has 0 aliphatic carbocycles. The minimum Gasteiger partial charge on any atom is -0.465 e. The highest BCUT2D eigenvalue weighted by molar-refractivity contribution is 7.80. The Morgan fingerprint density at radius 2 is 1.45 bits per heavy atom. The number of anilines is 2. The van der Waals surface area contributed by atoms with E-state index in [1.165, 1.54) is 13.2 Å². The Hall–Kier alpha value is -4.04. The van der Waals surface area contributed by atoms with Crippen LogP contribution in [0.25, 0.3) is 0 Å². The Labute approximate surface area is 197 Å². The van der Waals surface area contributed by atoms with Gasteiger partial charge in [-0.25, -0.2) is 4.79 Å². The first-order valence-corrected chi connectivity index (χ1v) is 10.6. The van der Waals surface area contributed by atoms with Gasteiger partial charge in [0, 0.05) is 23.4 Å². The molecule has 0 aliphatic rings. The van der Waals surface area contributed by atoms with Crippen LogP contribution in [0.2, 0.25) is 0 Å². The van der Waals surface area contributed by atoms with Crippen LogP contribution in [0.5, 0.6) is 0 Å². The molecule has 0 saturated heterocycles. The number of esters is 1. The molecule has 0 aromatic heterocycles. The summed E-state index contributed by atoms with van der Waals surface area (Å²) in [6.07, 6.45) is 1.06. The molecule has 3 aromatic rings. The summed E-state index contributed by atoms with van der Waals surface area (Å²) in [6.45, 7) is 0. The molecule has 0 aliphatic heterocycles. The van der Waals surface area contributed by atoms with E-state index in [1.807, 2.05) is 30.3 Å². The van der Waals surface area contributed by atoms with Gasteiger partial charge in [0.2, 0.25) is 5.91 Å². The molecule has 168 valence electrons. The number of carbonyl (C=O) groups is 3. The van der Waals surface area contributed by atoms with Crippen molar-refractivity contribution in [2.75, 3.05) is 17.7 Å². The molecule has 0 unspecified atom stereocenters. The number of methoxy groups -OCH3 is 1. The monoisotopic (exact) mass is 461 g/mol. The highest BCUT2D eigenvalue weighted by Crippen LogP contribution is 2.14. The van der Waals surface area contributed by atoms with E-state index >= 15 is 0 Å². The number of rotatable bonds is 7. The van der Waals surface area contributed by atoms with Gasteiger partial charge in [-0.2, -0.15) is 0 Å². The molecule has 0 heterocycles. The standard InChI is InChI=1S/C25H23N3O4S/c1-32-24(31)19-9-5-8-18(16-19)23(30)28-25(33)27-21-13-11-20(12-14-21)26-22(29)15-10-17-6-3-2-4-7-17/h2-9,11-14,16H,10,15H2,1H3,(H,26,29)(H2,27,28,30,33). The van der Waals surface area contributed by atoms with E-state index in [-0.39, 0.29) is 22.1 Å². The topological polar surface area (TPSA) is 96.5 Å². The normalized spacial score (nSPS) is 10.1. The Morgan fingerprint density at radius 3 is 2.12 bits per heavy atom. The SMILES string of the molecule is COC(=O)c1cccc(C(=O)NC(=S)Nc2ccc(NC(=O)CCc3ccccc3)cc2)c1. The second-order valence-electron chi connectivity index (χ2n) is 7.09. The summed E-state index contributed by atoms with van der Waals surface area (Å²) in [7, 11) is 1.27. The Bertz CT molecular complexity index is 1150. The number of carbonyl (C=O) groups excluding carboxylic acids is 3. The molecule has 3 aromatic carbocycles. The van der Waals surface area contributed by atoms with Gasteiger partial charge in [0.25, 0.3) is 5.91 Å². The second kappa shape index (κ2) is 11.5. The Morgan fingerprint density at radius 1 is 0.818 bits per heavy atom. The minimum atomic E-state index is -0.530. The summed E-state index contributed by atoms with van der Waals surface area (Å²) < 4.78 is 4.66. The molecule has 0 radical (unpaired) electrons. The fourth-order valence-electron chi connectivity index (χ4n) is 3.01. The van der Waals surface area contributed by atoms with Crippen molar-refractivity contribution in [3.05, 3.63) is 95.6 Å². The van der Waals surface area contributed by atoms with E-state index in [1.54, 1.807) is 42.5 Å². The van der Waals surface area contributed by atoms with Crippen LogP contribution in [0, 0.1) is 0 Å². The Balaban J connectivity index is 1.49. The van der Waals surface area contributed by atoms with Crippen molar-refractivity contribution >= 4 is 46.5 Å². The average Bonchev–Trinajstić information content (AvgIpc) is 2.84. The lowest BCUT2D eigenvalue weighted by atomic mass is 10.1. The maximum absolute atomic E-state index is 12.4. The summed E-state index contributed by atoms with van der Waals surface area (Å²) in [4.78, 5) is 36.2. The molecule has 3 rings (SSSR count). The van der Waals surface area contributed by atoms with E-state index in [0.29, 0.717) is 24.2 Å². The highest BCUT2D eigenvalue weighted by atomic mass is 32.1. The smallest absolute Gasteiger partial charge is 0.337 e. The third-order valence-corrected chi connectivity index (χ3v) is 4.89. The number of hydrogen-bond donors (Lipinski definition) is 3. The van der Waals surface area contributed by atoms with Crippen LogP contribution in [0.15, 0.2) is 78.9 Å². The summed E-state index contributed by atoms with van der Waals surface area (Å²) in [5, 5.41) is 8.44. The zero-order chi connectivity index (χ0) is 23.6. The van der Waals surface area contributed by atoms with Crippen molar-refractivity contribution in [2.45, 2.75) is 12.8 Å². The third-order valence-electron chi connectivity index (χ3n) is 4.68. The van der Waals surface area contributed by atoms with Gasteiger partial charge in [-0.3, -0.25) is 14.9 Å². The lowest BCUT2D eigenvalue weighted by molar-refractivity contribution is -0.116. The maximum Gasteiger partial charge on any atom is 0.337 e. The summed E-state index contributed by atoms with van der Waals surface area (Å²) in [6, 6.07) is 22.9. The van der Waals surface area contributed by atoms with Gasteiger partial charge in [0.15, 0.2) is 5.11 Å². The molecule has 0 bridgehead atoms. The van der Waals surface area contributed by atoms with Crippen LogP contribution in [0.4, 0.5) is 11.4 Å². The predicted octanol–water partition coefficient (Wildman–Crippen LogP) is 4.17. The number of nitrogens with one attached hydrogen (secondary N) is 3. The van der Waals surface area contributed by atoms with Crippen molar-refractivity contribution in [3.8, 4) is 0 Å². The molecule has 0 atom stereocenters. The predicted molar refractivity (Wildman–Crippen MR) is 131 cm³/mol. The van der Waals surface area contributed by atoms with Crippen molar-refractivity contribution < 1.29 is 19.1 Å². The maximum atomic E-state index is 12.4. The first kappa shape index (κ1) is 23.6. The van der Waals surface area contributed by atoms with Crippen LogP contribution in [-0.4, -0.2) is 30.0 Å². The van der Waals surface area contributed by atoms with Gasteiger partial charge in [-0.05, 0) is 66.7 Å². The molecule has 7 nitrogen and oxygen atoms in total. The van der Waals surface area contributed by atoms with Crippen molar-refractivity contribution in [1.82, 2.24) is 5.32 Å². The zero-order valence-electron chi connectivity index (χ0n) is 18.0. The van der Waals surface area contributed by atoms with Crippen LogP contribution >= 0.6 is 12.2 Å². The minimum absolute atomic E-state index is 0.0727. The van der Waals surface area contributed by atoms with E-state index in [2.05, 4.69) is 20.7 Å². The molecule has 0 fully saturated rings. The van der Waals surface area contributed by atoms with Crippen LogP contribution in [-0.2, 0) is 16.0 Å². The average molecular weight is 462 g/mol. The third kappa shape index (κ3) is 7.26. The molecule has 2 amide bonds. The molecule has 8 heteroatoms. The summed E-state index contributed by atoms with van der Waals surface area (Å²) >= 11 is 5.20. The second-order valence-corrected chi connectivity index (χ2v) is 7.50. The van der Waals surface area contributed by atoms with Gasteiger partial charge in [-0.15, -0.1) is 0 Å². The van der Waals surface area contributed by atoms with E-state index in [9.17, 15) is 14.4 Å². The summed E-state index contributed by atoms with van der Waals surface area (Å²) in [5.74, 6) is -1.06. The number of ether oxygens (including phenoxy) is 1. The molecule has 0 spiro atoms. The number of amides is 2. The first-order chi connectivity index (χ1) is 15.9. The molecular weight excluding hydrogens is 438 g/mol. The number of benzene rings is 3. The fraction of sp³-hybridized carbons (Fsp3) is 0.120. The number of aryl methyl sites for hydroxylation is 1. The van der Waals surface area contributed by atoms with E-state index in [0.717, 1.165) is 5.56 Å². The van der Waals surface area contributed by atoms with E-state index < -0.39 is 11.9 Å². The van der Waals surface area contributed by atoms with Crippen LogP contribution in [0.3, 0.4) is 0 Å². The van der Waals surface area contributed by atoms with E-state index in [4.69, 9.17) is 12.2 Å². The largest absolute Gasteiger partial charge is 0.465 e. The highest BCUT2D eigenvalue weighted by Gasteiger charge is 2.12. The van der Waals surface area contributed by atoms with Crippen molar-refractivity contribution in [1.29, 1.82) is 0 Å². The van der Waals surface area contributed by atoms with Gasteiger partial charge in [-0.1, -0.05) is 36.4 Å². The van der Waals surface area contributed by atoms with Gasteiger partial charge in [0.05, 0.1) is 12.7 Å². The van der Waals surface area contributed by atoms with Gasteiger partial charge in [0.1, 0.15) is 0 Å². The van der Waals surface area contributed by atoms with Gasteiger partial charge < -0.3 is 15.4 Å². The molecule has 3 N–H and O–H groups in total. The molecule has 33 heavy (non-hydrogen) atoms. The zero-order valence-corrected chi connectivity index (χ0v) is 18.8. The molecule has 0 saturated carbocycles.